The van der Waals surface area contributed by atoms with Gasteiger partial charge in [0.25, 0.3) is 0 Å². The first kappa shape index (κ1) is 7.63. The fourth-order valence-electron chi connectivity index (χ4n) is 0.272. The third-order valence-electron chi connectivity index (χ3n) is 0.615. The van der Waals surface area contributed by atoms with Crippen molar-refractivity contribution in [1.82, 2.24) is 0 Å². The second-order valence-electron chi connectivity index (χ2n) is 1.39. The van der Waals surface area contributed by atoms with Gasteiger partial charge in [-0.05, 0) is 19.7 Å². The molecule has 0 aliphatic heterocycles. The Kier molecular flexibility index (Phi) is 3.44. The van der Waals surface area contributed by atoms with Crippen molar-refractivity contribution in [2.45, 2.75) is 6.92 Å². The van der Waals surface area contributed by atoms with Gasteiger partial charge in [-0.2, -0.15) is 0 Å². The topological polar surface area (TPSA) is 12.4 Å². The Morgan fingerprint density at radius 2 is 2.25 bits per heavy atom. The van der Waals surface area contributed by atoms with Crippen molar-refractivity contribution < 1.29 is 0 Å². The molecule has 0 aromatic carbocycles. The lowest BCUT2D eigenvalue weighted by molar-refractivity contribution is 1.33. The average Bonchev–Trinajstić information content (AvgIpc) is 1.65. The third kappa shape index (κ3) is 3.81. The Morgan fingerprint density at radius 1 is 1.75 bits per heavy atom. The van der Waals surface area contributed by atoms with Gasteiger partial charge in [0.05, 0.1) is 0 Å². The first-order chi connectivity index (χ1) is 3.66. The Bertz CT molecular complexity index is 135. The second kappa shape index (κ2) is 3.61. The van der Waals surface area contributed by atoms with Crippen LogP contribution >= 0.6 is 15.9 Å². The van der Waals surface area contributed by atoms with Crippen molar-refractivity contribution in [2.24, 2.45) is 4.99 Å². The summed E-state index contributed by atoms with van der Waals surface area (Å²) in [6.07, 6.45) is 1.80. The monoisotopic (exact) mass is 173 g/mol. The number of hydrogen-bond acceptors (Lipinski definition) is 1. The van der Waals surface area contributed by atoms with Crippen LogP contribution in [-0.4, -0.2) is 6.72 Å². The van der Waals surface area contributed by atoms with E-state index in [4.69, 9.17) is 0 Å². The summed E-state index contributed by atoms with van der Waals surface area (Å²) in [7, 11) is 0. The fraction of sp³-hybridized carbons (Fsp3) is 0.167. The first-order valence-electron chi connectivity index (χ1n) is 2.16. The summed E-state index contributed by atoms with van der Waals surface area (Å²) in [6.45, 7) is 8.79. The second-order valence-corrected chi connectivity index (χ2v) is 2.41. The predicted molar refractivity (Wildman–Crippen MR) is 41.4 cm³/mol. The molecule has 0 saturated heterocycles. The number of hydrogen-bond donors (Lipinski definition) is 0. The van der Waals surface area contributed by atoms with E-state index in [-0.39, 0.29) is 0 Å². The highest BCUT2D eigenvalue weighted by Crippen LogP contribution is 2.06. The van der Waals surface area contributed by atoms with Crippen molar-refractivity contribution in [2.75, 3.05) is 0 Å². The molecule has 0 aromatic rings. The van der Waals surface area contributed by atoms with Crippen LogP contribution in [0.15, 0.2) is 27.8 Å². The summed E-state index contributed by atoms with van der Waals surface area (Å²) in [5.74, 6) is 0. The molecular formula is C6H8BrN. The minimum absolute atomic E-state index is 0.822. The fourth-order valence-corrected chi connectivity index (χ4v) is 0.604. The van der Waals surface area contributed by atoms with Crippen LogP contribution in [0.4, 0.5) is 0 Å². The zero-order chi connectivity index (χ0) is 6.57. The van der Waals surface area contributed by atoms with E-state index < -0.39 is 0 Å². The van der Waals surface area contributed by atoms with Crippen molar-refractivity contribution in [3.63, 3.8) is 0 Å². The van der Waals surface area contributed by atoms with Crippen LogP contribution in [0.2, 0.25) is 0 Å². The van der Waals surface area contributed by atoms with Crippen molar-refractivity contribution in [3.05, 3.63) is 22.8 Å². The van der Waals surface area contributed by atoms with Gasteiger partial charge in [-0.15, -0.1) is 0 Å². The van der Waals surface area contributed by atoms with Crippen molar-refractivity contribution >= 4 is 22.6 Å². The summed E-state index contributed by atoms with van der Waals surface area (Å²) >= 11 is 3.16. The Morgan fingerprint density at radius 3 is 2.38 bits per heavy atom. The molecule has 0 aliphatic carbocycles. The molecule has 0 spiro atoms. The highest BCUT2D eigenvalue weighted by molar-refractivity contribution is 9.11. The SMILES string of the molecule is C=NC(C)=CC(=C)Br. The number of nitrogens with zero attached hydrogens (tertiary/aromatic N) is 1. The highest BCUT2D eigenvalue weighted by atomic mass is 79.9. The molecule has 0 bridgehead atoms. The number of allylic oxidation sites excluding steroid dienone is 3. The van der Waals surface area contributed by atoms with E-state index in [1.807, 2.05) is 6.92 Å². The minimum Gasteiger partial charge on any atom is -0.269 e. The lowest BCUT2D eigenvalue weighted by atomic mass is 10.4. The molecule has 0 N–H and O–H groups in total. The molecule has 0 atom stereocenters. The van der Waals surface area contributed by atoms with Crippen LogP contribution in [0.5, 0.6) is 0 Å². The number of aliphatic imine (C=N–C) groups is 1. The van der Waals surface area contributed by atoms with Crippen molar-refractivity contribution in [1.29, 1.82) is 0 Å². The van der Waals surface area contributed by atoms with Crippen LogP contribution in [0.25, 0.3) is 0 Å². The summed E-state index contributed by atoms with van der Waals surface area (Å²) in [4.78, 5) is 3.65. The normalized spacial score (nSPS) is 11.0. The zero-order valence-electron chi connectivity index (χ0n) is 4.82. The van der Waals surface area contributed by atoms with E-state index in [2.05, 4.69) is 34.2 Å². The molecule has 44 valence electrons. The smallest absolute Gasteiger partial charge is 0.0376 e. The van der Waals surface area contributed by atoms with Crippen LogP contribution in [0.3, 0.4) is 0 Å². The van der Waals surface area contributed by atoms with Crippen LogP contribution in [-0.2, 0) is 0 Å². The van der Waals surface area contributed by atoms with Gasteiger partial charge in [0.1, 0.15) is 0 Å². The van der Waals surface area contributed by atoms with Gasteiger partial charge < -0.3 is 0 Å². The third-order valence-corrected chi connectivity index (χ3v) is 0.844. The number of halogens is 1. The van der Waals surface area contributed by atoms with Gasteiger partial charge in [-0.25, -0.2) is 0 Å². The zero-order valence-corrected chi connectivity index (χ0v) is 6.40. The molecule has 0 heterocycles. The van der Waals surface area contributed by atoms with Crippen LogP contribution in [0.1, 0.15) is 6.92 Å². The van der Waals surface area contributed by atoms with E-state index >= 15 is 0 Å². The van der Waals surface area contributed by atoms with E-state index in [1.165, 1.54) is 0 Å². The molecule has 0 amide bonds. The van der Waals surface area contributed by atoms with Gasteiger partial charge in [0.15, 0.2) is 0 Å². The maximum Gasteiger partial charge on any atom is 0.0376 e. The standard InChI is InChI=1S/C6H8BrN/c1-5(7)4-6(2)8-3/h4H,1,3H2,2H3. The van der Waals surface area contributed by atoms with E-state index in [0.717, 1.165) is 10.2 Å². The average molecular weight is 174 g/mol. The lowest BCUT2D eigenvalue weighted by Gasteiger charge is -1.85. The van der Waals surface area contributed by atoms with Gasteiger partial charge in [0, 0.05) is 10.2 Å². The van der Waals surface area contributed by atoms with Crippen LogP contribution < -0.4 is 0 Å². The van der Waals surface area contributed by atoms with E-state index in [0.29, 0.717) is 0 Å². The Balaban J connectivity index is 3.94. The Labute approximate surface area is 57.9 Å². The predicted octanol–water partition coefficient (Wildman–Crippen LogP) is 2.50. The largest absolute Gasteiger partial charge is 0.269 e. The molecule has 0 rings (SSSR count). The highest BCUT2D eigenvalue weighted by Gasteiger charge is 1.79. The molecule has 1 nitrogen and oxygen atoms in total. The molecule has 0 radical (unpaired) electrons. The van der Waals surface area contributed by atoms with Gasteiger partial charge >= 0.3 is 0 Å². The molecular weight excluding hydrogens is 166 g/mol. The summed E-state index contributed by atoms with van der Waals surface area (Å²) in [6, 6.07) is 0. The molecule has 0 aromatic heterocycles. The van der Waals surface area contributed by atoms with Crippen LogP contribution in [0, 0.1) is 0 Å². The molecule has 0 aliphatic rings. The molecule has 2 heteroatoms. The van der Waals surface area contributed by atoms with E-state index in [9.17, 15) is 0 Å². The quantitative estimate of drug-likeness (QED) is 0.450. The summed E-state index contributed by atoms with van der Waals surface area (Å²) < 4.78 is 0.822. The maximum absolute atomic E-state index is 3.65. The summed E-state index contributed by atoms with van der Waals surface area (Å²) in [5, 5.41) is 0. The Hall–Kier alpha value is -0.370. The molecule has 0 unspecified atom stereocenters. The van der Waals surface area contributed by atoms with Gasteiger partial charge in [-0.3, -0.25) is 4.99 Å². The van der Waals surface area contributed by atoms with Gasteiger partial charge in [-0.1, -0.05) is 22.5 Å². The maximum atomic E-state index is 3.65. The lowest BCUT2D eigenvalue weighted by Crippen LogP contribution is -1.64. The van der Waals surface area contributed by atoms with Gasteiger partial charge in [0.2, 0.25) is 0 Å². The van der Waals surface area contributed by atoms with Crippen molar-refractivity contribution in [3.8, 4) is 0 Å². The number of rotatable bonds is 2. The molecule has 0 saturated carbocycles. The summed E-state index contributed by atoms with van der Waals surface area (Å²) in [5.41, 5.74) is 0.867. The first-order valence-corrected chi connectivity index (χ1v) is 2.95. The molecule has 0 fully saturated rings. The minimum atomic E-state index is 0.822. The molecule has 8 heavy (non-hydrogen) atoms. The van der Waals surface area contributed by atoms with E-state index in [1.54, 1.807) is 6.08 Å².